The number of aromatic nitrogens is 1. The number of aryl methyl sites for hydroxylation is 2. The summed E-state index contributed by atoms with van der Waals surface area (Å²) in [5, 5.41) is 13.0. The highest BCUT2D eigenvalue weighted by Gasteiger charge is 2.65. The molecule has 3 N–H and O–H groups in total. The maximum atomic E-state index is 13.4. The topological polar surface area (TPSA) is 112 Å². The summed E-state index contributed by atoms with van der Waals surface area (Å²) in [5.41, 5.74) is 3.98. The molecule has 0 radical (unpaired) electrons. The molecule has 0 saturated carbocycles. The number of pyridine rings is 1. The van der Waals surface area contributed by atoms with Crippen LogP contribution in [-0.2, 0) is 26.5 Å². The molecule has 2 amide bonds. The minimum Gasteiger partial charge on any atom is -0.483 e. The van der Waals surface area contributed by atoms with Crippen LogP contribution in [0.2, 0.25) is 0 Å². The minimum absolute atomic E-state index is 0.0498. The van der Waals surface area contributed by atoms with Crippen LogP contribution >= 0.6 is 0 Å². The maximum Gasteiger partial charge on any atom is 0.290 e. The van der Waals surface area contributed by atoms with Crippen LogP contribution in [0.15, 0.2) is 36.5 Å². The summed E-state index contributed by atoms with van der Waals surface area (Å²) in [7, 11) is 0. The molecule has 5 rings (SSSR count). The molecule has 2 fully saturated rings. The van der Waals surface area contributed by atoms with Crippen molar-refractivity contribution < 1.29 is 19.5 Å². The van der Waals surface area contributed by atoms with Gasteiger partial charge in [0.15, 0.2) is 0 Å². The number of carboxylic acid groups (broad SMARTS) is 1. The van der Waals surface area contributed by atoms with Gasteiger partial charge in [-0.1, -0.05) is 18.2 Å². The number of fused-ring (bicyclic) bond motifs is 4. The first-order valence-electron chi connectivity index (χ1n) is 10.9. The van der Waals surface area contributed by atoms with Crippen molar-refractivity contribution in [3.8, 4) is 0 Å². The summed E-state index contributed by atoms with van der Waals surface area (Å²) in [6.45, 7) is 5.03. The number of anilines is 1. The number of hydrogen-bond acceptors (Lipinski definition) is 5. The second kappa shape index (κ2) is 8.70. The van der Waals surface area contributed by atoms with E-state index >= 15 is 0 Å². The van der Waals surface area contributed by atoms with Crippen molar-refractivity contribution >= 4 is 24.0 Å². The standard InChI is InChI=1S/C23H26N4O2.CH2O2/c1-14-10-15(2)24-12-16(14)13-25-21(28)19-11-17-6-5-9-27(17)23(19)18-7-3-4-8-20(18)26-22(23)29;2-1-3/h3-4,7-8,10,12,17,19H,5-6,9,11,13H2,1-2H3,(H,25,28)(H,26,29);1H,(H,2,3)/t17-,19-,23+;/m1./s1. The molecular formula is C24H28N4O4. The SMILES string of the molecule is Cc1cc(C)c(CNC(=O)[C@H]2C[C@H]3CCCN3[C@]23C(=O)Nc2ccccc23)cn1.O=CO. The highest BCUT2D eigenvalue weighted by Crippen LogP contribution is 2.55. The zero-order valence-corrected chi connectivity index (χ0v) is 18.3. The van der Waals surface area contributed by atoms with E-state index in [4.69, 9.17) is 9.90 Å². The predicted octanol–water partition coefficient (Wildman–Crippen LogP) is 2.35. The summed E-state index contributed by atoms with van der Waals surface area (Å²) in [6, 6.07) is 10.1. The summed E-state index contributed by atoms with van der Waals surface area (Å²) < 4.78 is 0. The van der Waals surface area contributed by atoms with Crippen molar-refractivity contribution in [2.45, 2.75) is 51.2 Å². The average Bonchev–Trinajstić information content (AvgIpc) is 3.42. The number of hydrogen-bond donors (Lipinski definition) is 3. The molecule has 32 heavy (non-hydrogen) atoms. The number of benzene rings is 1. The molecule has 1 aromatic carbocycles. The number of nitrogens with one attached hydrogen (secondary N) is 2. The maximum absolute atomic E-state index is 13.4. The van der Waals surface area contributed by atoms with Gasteiger partial charge in [0.05, 0.1) is 5.92 Å². The predicted molar refractivity (Wildman–Crippen MR) is 119 cm³/mol. The third kappa shape index (κ3) is 3.44. The Morgan fingerprint density at radius 1 is 1.38 bits per heavy atom. The number of rotatable bonds is 3. The van der Waals surface area contributed by atoms with E-state index in [2.05, 4.69) is 20.5 Å². The van der Waals surface area contributed by atoms with E-state index < -0.39 is 11.5 Å². The molecule has 8 nitrogen and oxygen atoms in total. The summed E-state index contributed by atoms with van der Waals surface area (Å²) in [5.74, 6) is -0.502. The van der Waals surface area contributed by atoms with Crippen molar-refractivity contribution in [2.24, 2.45) is 5.92 Å². The number of amides is 2. The van der Waals surface area contributed by atoms with Gasteiger partial charge >= 0.3 is 0 Å². The minimum atomic E-state index is -0.886. The molecular weight excluding hydrogens is 408 g/mol. The molecule has 3 atom stereocenters. The third-order valence-corrected chi connectivity index (χ3v) is 6.90. The number of carbonyl (C=O) groups excluding carboxylic acids is 2. The highest BCUT2D eigenvalue weighted by atomic mass is 16.3. The van der Waals surface area contributed by atoms with Crippen molar-refractivity contribution in [2.75, 3.05) is 11.9 Å². The molecule has 2 saturated heterocycles. The quantitative estimate of drug-likeness (QED) is 0.637. The van der Waals surface area contributed by atoms with Crippen molar-refractivity contribution in [3.05, 3.63) is 58.9 Å². The first-order valence-corrected chi connectivity index (χ1v) is 10.9. The van der Waals surface area contributed by atoms with Crippen molar-refractivity contribution in [1.29, 1.82) is 0 Å². The lowest BCUT2D eigenvalue weighted by atomic mass is 9.78. The molecule has 3 aliphatic rings. The fourth-order valence-corrected chi connectivity index (χ4v) is 5.60. The Kier molecular flexibility index (Phi) is 5.97. The van der Waals surface area contributed by atoms with E-state index in [1.54, 1.807) is 0 Å². The summed E-state index contributed by atoms with van der Waals surface area (Å²) >= 11 is 0. The van der Waals surface area contributed by atoms with E-state index in [0.717, 1.165) is 53.9 Å². The molecule has 0 bridgehead atoms. The van der Waals surface area contributed by atoms with Crippen LogP contribution in [0.4, 0.5) is 5.69 Å². The Bertz CT molecular complexity index is 1060. The smallest absolute Gasteiger partial charge is 0.290 e. The van der Waals surface area contributed by atoms with E-state index in [9.17, 15) is 9.59 Å². The fourth-order valence-electron chi connectivity index (χ4n) is 5.60. The van der Waals surface area contributed by atoms with Gasteiger partial charge in [-0.25, -0.2) is 0 Å². The number of para-hydroxylation sites is 1. The Morgan fingerprint density at radius 3 is 2.88 bits per heavy atom. The second-order valence-electron chi connectivity index (χ2n) is 8.62. The fraction of sp³-hybridized carbons (Fsp3) is 0.417. The van der Waals surface area contributed by atoms with Gasteiger partial charge in [-0.3, -0.25) is 24.3 Å². The van der Waals surface area contributed by atoms with Crippen LogP contribution in [0.25, 0.3) is 0 Å². The second-order valence-corrected chi connectivity index (χ2v) is 8.62. The van der Waals surface area contributed by atoms with E-state index in [1.807, 2.05) is 50.4 Å². The zero-order chi connectivity index (χ0) is 22.9. The van der Waals surface area contributed by atoms with Gasteiger partial charge in [0.2, 0.25) is 11.8 Å². The lowest BCUT2D eigenvalue weighted by molar-refractivity contribution is -0.137. The molecule has 2 aromatic rings. The first kappa shape index (κ1) is 22.0. The third-order valence-electron chi connectivity index (χ3n) is 6.90. The first-order chi connectivity index (χ1) is 15.4. The van der Waals surface area contributed by atoms with Gasteiger partial charge in [-0.05, 0) is 62.9 Å². The Hall–Kier alpha value is -3.26. The average molecular weight is 437 g/mol. The van der Waals surface area contributed by atoms with Crippen molar-refractivity contribution in [1.82, 2.24) is 15.2 Å². The zero-order valence-electron chi connectivity index (χ0n) is 18.3. The Labute approximate surface area is 187 Å². The molecule has 8 heteroatoms. The Balaban J connectivity index is 0.000000775. The molecule has 168 valence electrons. The van der Waals surface area contributed by atoms with Crippen LogP contribution < -0.4 is 10.6 Å². The molecule has 4 heterocycles. The summed E-state index contributed by atoms with van der Waals surface area (Å²) in [4.78, 5) is 41.7. The van der Waals surface area contributed by atoms with Crippen LogP contribution in [-0.4, -0.2) is 45.9 Å². The van der Waals surface area contributed by atoms with Crippen molar-refractivity contribution in [3.63, 3.8) is 0 Å². The summed E-state index contributed by atoms with van der Waals surface area (Å²) in [6.07, 6.45) is 4.66. The van der Waals surface area contributed by atoms with Gasteiger partial charge in [-0.2, -0.15) is 0 Å². The molecule has 1 spiro atoms. The highest BCUT2D eigenvalue weighted by molar-refractivity contribution is 6.09. The molecule has 0 unspecified atom stereocenters. The molecule has 0 aliphatic carbocycles. The van der Waals surface area contributed by atoms with Crippen LogP contribution in [0.5, 0.6) is 0 Å². The van der Waals surface area contributed by atoms with Crippen LogP contribution in [0.1, 0.15) is 41.6 Å². The Morgan fingerprint density at radius 2 is 2.12 bits per heavy atom. The molecule has 3 aliphatic heterocycles. The molecule has 1 aromatic heterocycles. The van der Waals surface area contributed by atoms with Gasteiger partial charge in [-0.15, -0.1) is 0 Å². The lowest BCUT2D eigenvalue weighted by Crippen LogP contribution is -2.54. The number of nitrogens with zero attached hydrogens (tertiary/aromatic N) is 2. The van der Waals surface area contributed by atoms with E-state index in [0.29, 0.717) is 6.54 Å². The van der Waals surface area contributed by atoms with Gasteiger partial charge in [0.1, 0.15) is 5.54 Å². The van der Waals surface area contributed by atoms with E-state index in [1.165, 1.54) is 0 Å². The monoisotopic (exact) mass is 436 g/mol. The van der Waals surface area contributed by atoms with Crippen LogP contribution in [0.3, 0.4) is 0 Å². The lowest BCUT2D eigenvalue weighted by Gasteiger charge is -2.36. The number of carbonyl (C=O) groups is 3. The van der Waals surface area contributed by atoms with E-state index in [-0.39, 0.29) is 24.3 Å². The van der Waals surface area contributed by atoms with Gasteiger partial charge < -0.3 is 15.7 Å². The van der Waals surface area contributed by atoms with Crippen LogP contribution in [0, 0.1) is 19.8 Å². The normalized spacial score (nSPS) is 25.5. The van der Waals surface area contributed by atoms with Gasteiger partial charge in [0.25, 0.3) is 6.47 Å². The van der Waals surface area contributed by atoms with Gasteiger partial charge in [0, 0.05) is 35.7 Å². The largest absolute Gasteiger partial charge is 0.483 e.